The van der Waals surface area contributed by atoms with Gasteiger partial charge in [0.15, 0.2) is 0 Å². The van der Waals surface area contributed by atoms with Crippen molar-refractivity contribution in [3.8, 4) is 10.4 Å². The standard InChI is InChI=1S/C17H16F3N3OS/c1-9-4-6-10(7-5-9)12-8-11-13(25-12)14(24)22-15(21-11)23-16(2,3)17(18,19)20/h4-8H,1-3H3,(H2,21,22,23,24). The monoisotopic (exact) mass is 367 g/mol. The number of thiophene rings is 1. The molecule has 0 fully saturated rings. The number of benzene rings is 1. The van der Waals surface area contributed by atoms with Crippen LogP contribution in [0.1, 0.15) is 19.4 Å². The van der Waals surface area contributed by atoms with E-state index in [9.17, 15) is 18.0 Å². The summed E-state index contributed by atoms with van der Waals surface area (Å²) in [5.41, 5.74) is -0.273. The first-order chi connectivity index (χ1) is 11.6. The summed E-state index contributed by atoms with van der Waals surface area (Å²) in [5, 5.41) is 2.26. The van der Waals surface area contributed by atoms with Gasteiger partial charge in [-0.05, 0) is 32.4 Å². The summed E-state index contributed by atoms with van der Waals surface area (Å²) in [5.74, 6) is -0.201. The summed E-state index contributed by atoms with van der Waals surface area (Å²) in [6.45, 7) is 3.95. The minimum Gasteiger partial charge on any atom is -0.342 e. The van der Waals surface area contributed by atoms with E-state index in [-0.39, 0.29) is 5.95 Å². The van der Waals surface area contributed by atoms with Gasteiger partial charge in [0.25, 0.3) is 5.56 Å². The highest BCUT2D eigenvalue weighted by Crippen LogP contribution is 2.34. The van der Waals surface area contributed by atoms with Gasteiger partial charge in [-0.2, -0.15) is 13.2 Å². The van der Waals surface area contributed by atoms with Crippen molar-refractivity contribution in [3.05, 3.63) is 46.2 Å². The molecular formula is C17H16F3N3OS. The van der Waals surface area contributed by atoms with Crippen molar-refractivity contribution in [2.75, 3.05) is 5.32 Å². The lowest BCUT2D eigenvalue weighted by Crippen LogP contribution is -2.47. The summed E-state index contributed by atoms with van der Waals surface area (Å²) >= 11 is 1.26. The number of rotatable bonds is 3. The predicted molar refractivity (Wildman–Crippen MR) is 94.2 cm³/mol. The number of halogens is 3. The maximum Gasteiger partial charge on any atom is 0.410 e. The lowest BCUT2D eigenvalue weighted by molar-refractivity contribution is -0.168. The molecule has 0 atom stereocenters. The second-order valence-electron chi connectivity index (χ2n) is 6.35. The number of alkyl halides is 3. The number of fused-ring (bicyclic) bond motifs is 1. The molecule has 132 valence electrons. The average molecular weight is 367 g/mol. The Balaban J connectivity index is 2.02. The van der Waals surface area contributed by atoms with E-state index in [1.54, 1.807) is 6.07 Å². The fourth-order valence-corrected chi connectivity index (χ4v) is 3.22. The van der Waals surface area contributed by atoms with Crippen LogP contribution in [0.25, 0.3) is 20.7 Å². The number of nitrogens with zero attached hydrogens (tertiary/aromatic N) is 1. The van der Waals surface area contributed by atoms with Gasteiger partial charge in [-0.25, -0.2) is 4.98 Å². The molecule has 0 aliphatic carbocycles. The van der Waals surface area contributed by atoms with Gasteiger partial charge >= 0.3 is 6.18 Å². The normalized spacial score (nSPS) is 12.6. The van der Waals surface area contributed by atoms with E-state index in [2.05, 4.69) is 15.3 Å². The number of aromatic amines is 1. The lowest BCUT2D eigenvalue weighted by atomic mass is 10.1. The molecule has 3 rings (SSSR count). The molecule has 2 N–H and O–H groups in total. The number of hydrogen-bond acceptors (Lipinski definition) is 4. The molecule has 0 aliphatic heterocycles. The highest BCUT2D eigenvalue weighted by atomic mass is 32.1. The van der Waals surface area contributed by atoms with Crippen LogP contribution in [0.5, 0.6) is 0 Å². The summed E-state index contributed by atoms with van der Waals surface area (Å²) in [6, 6.07) is 9.48. The smallest absolute Gasteiger partial charge is 0.342 e. The maximum absolute atomic E-state index is 13.0. The summed E-state index contributed by atoms with van der Waals surface area (Å²) in [4.78, 5) is 19.6. The van der Waals surface area contributed by atoms with Gasteiger partial charge in [0.2, 0.25) is 5.95 Å². The van der Waals surface area contributed by atoms with Gasteiger partial charge < -0.3 is 5.32 Å². The van der Waals surface area contributed by atoms with Gasteiger partial charge in [-0.1, -0.05) is 29.8 Å². The largest absolute Gasteiger partial charge is 0.410 e. The summed E-state index contributed by atoms with van der Waals surface area (Å²) < 4.78 is 39.4. The predicted octanol–water partition coefficient (Wildman–Crippen LogP) is 4.71. The van der Waals surface area contributed by atoms with Crippen LogP contribution in [0.15, 0.2) is 35.1 Å². The average Bonchev–Trinajstić information content (AvgIpc) is 2.91. The highest BCUT2D eigenvalue weighted by Gasteiger charge is 2.47. The van der Waals surface area contributed by atoms with Crippen molar-refractivity contribution < 1.29 is 13.2 Å². The number of aryl methyl sites for hydroxylation is 1. The van der Waals surface area contributed by atoms with Crippen molar-refractivity contribution in [2.45, 2.75) is 32.5 Å². The third-order valence-corrected chi connectivity index (χ3v) is 5.03. The molecule has 4 nitrogen and oxygen atoms in total. The Morgan fingerprint density at radius 1 is 1.16 bits per heavy atom. The molecular weight excluding hydrogens is 351 g/mol. The molecule has 3 aromatic rings. The Hall–Kier alpha value is -2.35. The van der Waals surface area contributed by atoms with Gasteiger partial charge in [-0.3, -0.25) is 9.78 Å². The minimum absolute atomic E-state index is 0.201. The van der Waals surface area contributed by atoms with Crippen molar-refractivity contribution >= 4 is 27.5 Å². The zero-order valence-electron chi connectivity index (χ0n) is 13.8. The van der Waals surface area contributed by atoms with Gasteiger partial charge in [0.05, 0.1) is 5.52 Å². The molecule has 8 heteroatoms. The number of hydrogen-bond donors (Lipinski definition) is 2. The topological polar surface area (TPSA) is 57.8 Å². The third-order valence-electron chi connectivity index (χ3n) is 3.86. The van der Waals surface area contributed by atoms with E-state index in [1.165, 1.54) is 11.3 Å². The molecule has 0 amide bonds. The fourth-order valence-electron chi connectivity index (χ4n) is 2.23. The molecule has 0 radical (unpaired) electrons. The number of aromatic nitrogens is 2. The Morgan fingerprint density at radius 3 is 2.40 bits per heavy atom. The second-order valence-corrected chi connectivity index (χ2v) is 7.41. The number of anilines is 1. The van der Waals surface area contributed by atoms with E-state index in [1.807, 2.05) is 31.2 Å². The molecule has 25 heavy (non-hydrogen) atoms. The Kier molecular flexibility index (Phi) is 4.10. The summed E-state index contributed by atoms with van der Waals surface area (Å²) in [6.07, 6.45) is -4.48. The minimum atomic E-state index is -4.48. The molecule has 1 aromatic carbocycles. The highest BCUT2D eigenvalue weighted by molar-refractivity contribution is 7.22. The Labute approximate surface area is 145 Å². The first-order valence-corrected chi connectivity index (χ1v) is 8.34. The van der Waals surface area contributed by atoms with E-state index in [0.29, 0.717) is 10.2 Å². The van der Waals surface area contributed by atoms with Crippen LogP contribution in [0, 0.1) is 6.92 Å². The first-order valence-electron chi connectivity index (χ1n) is 7.53. The van der Waals surface area contributed by atoms with Gasteiger partial charge in [0.1, 0.15) is 10.2 Å². The van der Waals surface area contributed by atoms with E-state index in [4.69, 9.17) is 0 Å². The van der Waals surface area contributed by atoms with Crippen LogP contribution >= 0.6 is 11.3 Å². The quantitative estimate of drug-likeness (QED) is 0.705. The molecule has 0 bridgehead atoms. The fraction of sp³-hybridized carbons (Fsp3) is 0.294. The van der Waals surface area contributed by atoms with Crippen molar-refractivity contribution in [1.29, 1.82) is 0 Å². The van der Waals surface area contributed by atoms with Gasteiger partial charge in [0, 0.05) is 4.88 Å². The van der Waals surface area contributed by atoms with Crippen LogP contribution in [0.4, 0.5) is 19.1 Å². The lowest BCUT2D eigenvalue weighted by Gasteiger charge is -2.28. The van der Waals surface area contributed by atoms with Crippen molar-refractivity contribution in [3.63, 3.8) is 0 Å². The first kappa shape index (κ1) is 17.5. The van der Waals surface area contributed by atoms with Crippen LogP contribution in [-0.4, -0.2) is 21.7 Å². The Morgan fingerprint density at radius 2 is 1.80 bits per heavy atom. The third kappa shape index (κ3) is 3.39. The molecule has 0 saturated heterocycles. The van der Waals surface area contributed by atoms with Crippen molar-refractivity contribution in [1.82, 2.24) is 9.97 Å². The zero-order valence-corrected chi connectivity index (χ0v) is 14.6. The van der Waals surface area contributed by atoms with Crippen LogP contribution < -0.4 is 10.9 Å². The number of nitrogens with one attached hydrogen (secondary N) is 2. The number of H-pyrrole nitrogens is 1. The summed E-state index contributed by atoms with van der Waals surface area (Å²) in [7, 11) is 0. The van der Waals surface area contributed by atoms with E-state index in [0.717, 1.165) is 29.9 Å². The van der Waals surface area contributed by atoms with Crippen LogP contribution in [0.3, 0.4) is 0 Å². The molecule has 2 heterocycles. The van der Waals surface area contributed by atoms with Gasteiger partial charge in [-0.15, -0.1) is 11.3 Å². The zero-order chi connectivity index (χ0) is 18.4. The molecule has 0 saturated carbocycles. The molecule has 0 unspecified atom stereocenters. The Bertz CT molecular complexity index is 971. The van der Waals surface area contributed by atoms with E-state index < -0.39 is 17.3 Å². The molecule has 2 aromatic heterocycles. The SMILES string of the molecule is Cc1ccc(-c2cc3nc(NC(C)(C)C(F)(F)F)[nH]c(=O)c3s2)cc1. The maximum atomic E-state index is 13.0. The van der Waals surface area contributed by atoms with Crippen LogP contribution in [-0.2, 0) is 0 Å². The van der Waals surface area contributed by atoms with Crippen molar-refractivity contribution in [2.24, 2.45) is 0 Å². The second kappa shape index (κ2) is 5.87. The molecule has 0 spiro atoms. The van der Waals surface area contributed by atoms with Crippen LogP contribution in [0.2, 0.25) is 0 Å². The molecule has 0 aliphatic rings. The van der Waals surface area contributed by atoms with E-state index >= 15 is 0 Å².